The minimum absolute atomic E-state index is 0.0112. The predicted molar refractivity (Wildman–Crippen MR) is 139 cm³/mol. The molecular formula is C27H34FN5OS. The first-order chi connectivity index (χ1) is 17.1. The standard InChI is InChI=1S/C27H34FN5OS/c1-21-8-5-6-16-32(21)17-7-15-29-26(34)20-33(19-23-9-3-2-4-10-23)27-30-25(31-35-27)18-22-11-13-24(28)14-12-22/h2-4,9-14,21H,5-8,15-20H2,1H3,(H,29,34). The van der Waals surface area contributed by atoms with Crippen LogP contribution in [0.4, 0.5) is 9.52 Å². The molecular weight excluding hydrogens is 461 g/mol. The molecule has 1 N–H and O–H groups in total. The molecule has 186 valence electrons. The van der Waals surface area contributed by atoms with Crippen molar-refractivity contribution in [3.63, 3.8) is 0 Å². The molecule has 2 aromatic carbocycles. The van der Waals surface area contributed by atoms with Crippen molar-refractivity contribution in [2.45, 2.75) is 51.6 Å². The molecule has 0 spiro atoms. The fourth-order valence-corrected chi connectivity index (χ4v) is 5.14. The van der Waals surface area contributed by atoms with Crippen LogP contribution < -0.4 is 10.2 Å². The van der Waals surface area contributed by atoms with Gasteiger partial charge < -0.3 is 15.1 Å². The Balaban J connectivity index is 1.34. The van der Waals surface area contributed by atoms with Crippen LogP contribution in [0.3, 0.4) is 0 Å². The highest BCUT2D eigenvalue weighted by molar-refractivity contribution is 7.09. The smallest absolute Gasteiger partial charge is 0.239 e. The quantitative estimate of drug-likeness (QED) is 0.392. The minimum atomic E-state index is -0.258. The molecule has 1 amide bonds. The van der Waals surface area contributed by atoms with Gasteiger partial charge in [-0.05, 0) is 56.0 Å². The Hall–Kier alpha value is -2.84. The summed E-state index contributed by atoms with van der Waals surface area (Å²) < 4.78 is 17.7. The maximum atomic E-state index is 13.2. The lowest BCUT2D eigenvalue weighted by atomic mass is 10.0. The van der Waals surface area contributed by atoms with E-state index in [0.717, 1.165) is 30.6 Å². The molecule has 1 aromatic heterocycles. The molecule has 0 bridgehead atoms. The fourth-order valence-electron chi connectivity index (χ4n) is 4.45. The van der Waals surface area contributed by atoms with Gasteiger partial charge in [0.2, 0.25) is 11.0 Å². The summed E-state index contributed by atoms with van der Waals surface area (Å²) in [6.45, 7) is 5.96. The molecule has 35 heavy (non-hydrogen) atoms. The van der Waals surface area contributed by atoms with E-state index in [1.165, 1.54) is 42.9 Å². The van der Waals surface area contributed by atoms with E-state index in [9.17, 15) is 9.18 Å². The summed E-state index contributed by atoms with van der Waals surface area (Å²) >= 11 is 1.29. The normalized spacial score (nSPS) is 16.2. The van der Waals surface area contributed by atoms with Crippen LogP contribution in [0.1, 0.15) is 49.6 Å². The monoisotopic (exact) mass is 495 g/mol. The molecule has 1 fully saturated rings. The van der Waals surface area contributed by atoms with Crippen LogP contribution >= 0.6 is 11.5 Å². The van der Waals surface area contributed by atoms with Gasteiger partial charge in [0.05, 0.1) is 6.54 Å². The second-order valence-electron chi connectivity index (χ2n) is 9.22. The number of aromatic nitrogens is 2. The van der Waals surface area contributed by atoms with E-state index in [1.54, 1.807) is 12.1 Å². The second-order valence-corrected chi connectivity index (χ2v) is 9.95. The topological polar surface area (TPSA) is 61.4 Å². The lowest BCUT2D eigenvalue weighted by molar-refractivity contribution is -0.119. The van der Waals surface area contributed by atoms with Gasteiger partial charge in [-0.1, -0.05) is 48.9 Å². The number of halogens is 1. The van der Waals surface area contributed by atoms with Gasteiger partial charge in [0.25, 0.3) is 0 Å². The third-order valence-electron chi connectivity index (χ3n) is 6.44. The Labute approximate surface area is 211 Å². The molecule has 1 atom stereocenters. The molecule has 0 radical (unpaired) electrons. The van der Waals surface area contributed by atoms with E-state index < -0.39 is 0 Å². The zero-order chi connectivity index (χ0) is 24.5. The van der Waals surface area contributed by atoms with Crippen molar-refractivity contribution in [1.82, 2.24) is 19.6 Å². The van der Waals surface area contributed by atoms with E-state index in [4.69, 9.17) is 4.98 Å². The predicted octanol–water partition coefficient (Wildman–Crippen LogP) is 4.66. The molecule has 1 aliphatic heterocycles. The molecule has 1 unspecified atom stereocenters. The van der Waals surface area contributed by atoms with E-state index >= 15 is 0 Å². The molecule has 1 saturated heterocycles. The molecule has 4 rings (SSSR count). The first kappa shape index (κ1) is 25.3. The molecule has 2 heterocycles. The number of benzene rings is 2. The van der Waals surface area contributed by atoms with Gasteiger partial charge in [0.15, 0.2) is 0 Å². The summed E-state index contributed by atoms with van der Waals surface area (Å²) in [5, 5.41) is 3.80. The zero-order valence-corrected chi connectivity index (χ0v) is 21.1. The van der Waals surface area contributed by atoms with Crippen LogP contribution in [-0.2, 0) is 17.8 Å². The average Bonchev–Trinajstić information content (AvgIpc) is 3.33. The first-order valence-corrected chi connectivity index (χ1v) is 13.2. The van der Waals surface area contributed by atoms with E-state index in [2.05, 4.69) is 21.5 Å². The summed E-state index contributed by atoms with van der Waals surface area (Å²) in [7, 11) is 0. The molecule has 3 aromatic rings. The van der Waals surface area contributed by atoms with Crippen molar-refractivity contribution in [2.24, 2.45) is 0 Å². The lowest BCUT2D eigenvalue weighted by Gasteiger charge is -2.33. The van der Waals surface area contributed by atoms with Crippen molar-refractivity contribution in [2.75, 3.05) is 31.1 Å². The number of amides is 1. The fraction of sp³-hybridized carbons (Fsp3) is 0.444. The van der Waals surface area contributed by atoms with E-state index in [-0.39, 0.29) is 18.3 Å². The molecule has 0 saturated carbocycles. The summed E-state index contributed by atoms with van der Waals surface area (Å²) in [6.07, 6.45) is 5.34. The van der Waals surface area contributed by atoms with Gasteiger partial charge in [-0.25, -0.2) is 9.37 Å². The average molecular weight is 496 g/mol. The molecule has 6 nitrogen and oxygen atoms in total. The van der Waals surface area contributed by atoms with Crippen LogP contribution in [0.25, 0.3) is 0 Å². The maximum absolute atomic E-state index is 13.2. The van der Waals surface area contributed by atoms with Crippen LogP contribution in [0, 0.1) is 5.82 Å². The van der Waals surface area contributed by atoms with Gasteiger partial charge in [-0.3, -0.25) is 4.79 Å². The van der Waals surface area contributed by atoms with E-state index in [0.29, 0.717) is 36.5 Å². The van der Waals surface area contributed by atoms with Crippen LogP contribution in [-0.4, -0.2) is 52.4 Å². The van der Waals surface area contributed by atoms with Crippen LogP contribution in [0.2, 0.25) is 0 Å². The van der Waals surface area contributed by atoms with Crippen molar-refractivity contribution in [3.8, 4) is 0 Å². The Morgan fingerprint density at radius 1 is 1.14 bits per heavy atom. The number of anilines is 1. The van der Waals surface area contributed by atoms with Crippen molar-refractivity contribution < 1.29 is 9.18 Å². The van der Waals surface area contributed by atoms with E-state index in [1.807, 2.05) is 35.2 Å². The number of hydrogen-bond donors (Lipinski definition) is 1. The summed E-state index contributed by atoms with van der Waals surface area (Å²) in [4.78, 5) is 22.0. The van der Waals surface area contributed by atoms with Crippen LogP contribution in [0.15, 0.2) is 54.6 Å². The van der Waals surface area contributed by atoms with Crippen LogP contribution in [0.5, 0.6) is 0 Å². The molecule has 0 aliphatic carbocycles. The highest BCUT2D eigenvalue weighted by Crippen LogP contribution is 2.21. The molecule has 1 aliphatic rings. The summed E-state index contributed by atoms with van der Waals surface area (Å²) in [5.74, 6) is 0.403. The van der Waals surface area contributed by atoms with Gasteiger partial charge in [-0.15, -0.1) is 0 Å². The number of piperidine rings is 1. The number of likely N-dealkylation sites (tertiary alicyclic amines) is 1. The van der Waals surface area contributed by atoms with Gasteiger partial charge in [0.1, 0.15) is 11.6 Å². The highest BCUT2D eigenvalue weighted by atomic mass is 32.1. The Morgan fingerprint density at radius 2 is 1.94 bits per heavy atom. The SMILES string of the molecule is CC1CCCCN1CCCNC(=O)CN(Cc1ccccc1)c1nc(Cc2ccc(F)cc2)ns1. The number of carbonyl (C=O) groups excluding carboxylic acids is 1. The summed E-state index contributed by atoms with van der Waals surface area (Å²) in [5.41, 5.74) is 2.06. The Morgan fingerprint density at radius 3 is 2.71 bits per heavy atom. The Bertz CT molecular complexity index is 1060. The van der Waals surface area contributed by atoms with Crippen molar-refractivity contribution in [3.05, 3.63) is 77.4 Å². The number of rotatable bonds is 11. The third kappa shape index (κ3) is 7.83. The largest absolute Gasteiger partial charge is 0.355 e. The maximum Gasteiger partial charge on any atom is 0.239 e. The third-order valence-corrected chi connectivity index (χ3v) is 7.25. The number of nitrogens with zero attached hydrogens (tertiary/aromatic N) is 4. The number of hydrogen-bond acceptors (Lipinski definition) is 6. The lowest BCUT2D eigenvalue weighted by Crippen LogP contribution is -2.40. The van der Waals surface area contributed by atoms with Gasteiger partial charge in [0, 0.05) is 43.6 Å². The van der Waals surface area contributed by atoms with Gasteiger partial charge in [-0.2, -0.15) is 4.37 Å². The first-order valence-electron chi connectivity index (χ1n) is 12.4. The van der Waals surface area contributed by atoms with Gasteiger partial charge >= 0.3 is 0 Å². The minimum Gasteiger partial charge on any atom is -0.355 e. The Kier molecular flexibility index (Phi) is 9.20. The zero-order valence-electron chi connectivity index (χ0n) is 20.3. The molecule has 8 heteroatoms. The summed E-state index contributed by atoms with van der Waals surface area (Å²) in [6, 6.07) is 17.1. The van der Waals surface area contributed by atoms with Crippen molar-refractivity contribution in [1.29, 1.82) is 0 Å². The number of carbonyl (C=O) groups is 1. The van der Waals surface area contributed by atoms with Crippen molar-refractivity contribution >= 4 is 22.6 Å². The number of nitrogens with one attached hydrogen (secondary N) is 1. The highest BCUT2D eigenvalue weighted by Gasteiger charge is 2.19. The second kappa shape index (κ2) is 12.7.